The van der Waals surface area contributed by atoms with E-state index in [9.17, 15) is 9.90 Å². The average molecular weight is 282 g/mol. The first kappa shape index (κ1) is 14.5. The number of carbonyl (C=O) groups excluding carboxylic acids is 1. The second-order valence-corrected chi connectivity index (χ2v) is 7.25. The molecule has 0 radical (unpaired) electrons. The topological polar surface area (TPSA) is 55.8 Å². The molecule has 4 nitrogen and oxygen atoms in total. The lowest BCUT2D eigenvalue weighted by atomic mass is 9.65. The molecule has 20 heavy (non-hydrogen) atoms. The first-order chi connectivity index (χ1) is 9.43. The van der Waals surface area contributed by atoms with E-state index in [0.717, 1.165) is 45.3 Å². The SMILES string of the molecule is C[C@H]1C(=O)C[C@@H]2C[C@@]1(CCC1OCCCO1)C[C@]2(C)O. The van der Waals surface area contributed by atoms with Gasteiger partial charge in [0.15, 0.2) is 6.29 Å². The van der Waals surface area contributed by atoms with Crippen molar-refractivity contribution in [2.45, 2.75) is 64.3 Å². The van der Waals surface area contributed by atoms with E-state index < -0.39 is 5.60 Å². The highest BCUT2D eigenvalue weighted by Crippen LogP contribution is 2.59. The summed E-state index contributed by atoms with van der Waals surface area (Å²) in [7, 11) is 0. The molecule has 0 aromatic rings. The van der Waals surface area contributed by atoms with Crippen LogP contribution in [0.3, 0.4) is 0 Å². The van der Waals surface area contributed by atoms with Crippen LogP contribution in [0.5, 0.6) is 0 Å². The van der Waals surface area contributed by atoms with Crippen LogP contribution in [0.25, 0.3) is 0 Å². The zero-order valence-corrected chi connectivity index (χ0v) is 12.6. The summed E-state index contributed by atoms with van der Waals surface area (Å²) in [6, 6.07) is 0. The van der Waals surface area contributed by atoms with Crippen molar-refractivity contribution in [2.75, 3.05) is 13.2 Å². The quantitative estimate of drug-likeness (QED) is 0.863. The summed E-state index contributed by atoms with van der Waals surface area (Å²) in [5, 5.41) is 10.6. The number of aliphatic hydroxyl groups is 1. The van der Waals surface area contributed by atoms with Gasteiger partial charge >= 0.3 is 0 Å². The van der Waals surface area contributed by atoms with Crippen molar-refractivity contribution in [1.82, 2.24) is 0 Å². The number of Topliss-reactive ketones (excluding diaryl/α,β-unsaturated/α-hetero) is 1. The predicted octanol–water partition coefficient (Wildman–Crippen LogP) is 2.29. The molecule has 4 heteroatoms. The van der Waals surface area contributed by atoms with Gasteiger partial charge in [0.1, 0.15) is 5.78 Å². The van der Waals surface area contributed by atoms with E-state index in [-0.39, 0.29) is 23.5 Å². The molecule has 0 spiro atoms. The zero-order chi connectivity index (χ0) is 14.4. The van der Waals surface area contributed by atoms with Crippen LogP contribution in [0.4, 0.5) is 0 Å². The van der Waals surface area contributed by atoms with E-state index in [1.54, 1.807) is 0 Å². The van der Waals surface area contributed by atoms with Crippen molar-refractivity contribution in [2.24, 2.45) is 17.3 Å². The highest BCUT2D eigenvalue weighted by atomic mass is 16.7. The Labute approximate surface area is 120 Å². The summed E-state index contributed by atoms with van der Waals surface area (Å²) in [5.41, 5.74) is -0.734. The lowest BCUT2D eigenvalue weighted by Gasteiger charge is -2.39. The third-order valence-corrected chi connectivity index (χ3v) is 5.87. The van der Waals surface area contributed by atoms with Gasteiger partial charge in [-0.3, -0.25) is 4.79 Å². The van der Waals surface area contributed by atoms with Crippen molar-refractivity contribution in [3.8, 4) is 0 Å². The Balaban J connectivity index is 1.70. The maximum Gasteiger partial charge on any atom is 0.157 e. The van der Waals surface area contributed by atoms with Crippen molar-refractivity contribution >= 4 is 5.78 Å². The number of hydrogen-bond acceptors (Lipinski definition) is 4. The summed E-state index contributed by atoms with van der Waals surface area (Å²) < 4.78 is 11.2. The smallest absolute Gasteiger partial charge is 0.157 e. The van der Waals surface area contributed by atoms with Crippen LogP contribution in [0, 0.1) is 17.3 Å². The van der Waals surface area contributed by atoms with Gasteiger partial charge in [0, 0.05) is 12.3 Å². The summed E-state index contributed by atoms with van der Waals surface area (Å²) in [6.07, 6.45) is 4.85. The molecule has 114 valence electrons. The Morgan fingerprint density at radius 2 is 2.05 bits per heavy atom. The lowest BCUT2D eigenvalue weighted by Crippen LogP contribution is -2.37. The van der Waals surface area contributed by atoms with Crippen molar-refractivity contribution in [3.05, 3.63) is 0 Å². The number of ether oxygens (including phenoxy) is 2. The molecule has 0 unspecified atom stereocenters. The monoisotopic (exact) mass is 282 g/mol. The van der Waals surface area contributed by atoms with Gasteiger partial charge in [-0.25, -0.2) is 0 Å². The number of ketones is 1. The standard InChI is InChI=1S/C16H26O4/c1-11-13(17)8-12-9-16(11,10-15(12,2)18)5-4-14-19-6-3-7-20-14/h11-12,14,18H,3-10H2,1-2H3/t11-,12+,15-,16-/m0/s1. The summed E-state index contributed by atoms with van der Waals surface area (Å²) in [6.45, 7) is 5.49. The number of fused-ring (bicyclic) bond motifs is 2. The first-order valence-corrected chi connectivity index (χ1v) is 7.91. The summed E-state index contributed by atoms with van der Waals surface area (Å²) >= 11 is 0. The Hall–Kier alpha value is -0.450. The lowest BCUT2D eigenvalue weighted by molar-refractivity contribution is -0.185. The second-order valence-electron chi connectivity index (χ2n) is 7.25. The Morgan fingerprint density at radius 1 is 1.35 bits per heavy atom. The van der Waals surface area contributed by atoms with E-state index in [1.165, 1.54) is 0 Å². The molecule has 3 aliphatic rings. The van der Waals surface area contributed by atoms with Gasteiger partial charge in [0.05, 0.1) is 18.8 Å². The molecule has 0 aromatic carbocycles. The van der Waals surface area contributed by atoms with Crippen LogP contribution >= 0.6 is 0 Å². The van der Waals surface area contributed by atoms with Gasteiger partial charge in [-0.1, -0.05) is 6.92 Å². The Bertz CT molecular complexity index is 386. The van der Waals surface area contributed by atoms with Crippen LogP contribution in [-0.4, -0.2) is 36.0 Å². The van der Waals surface area contributed by atoms with Crippen molar-refractivity contribution < 1.29 is 19.4 Å². The molecule has 0 amide bonds. The van der Waals surface area contributed by atoms with Crippen molar-refractivity contribution in [1.29, 1.82) is 0 Å². The fraction of sp³-hybridized carbons (Fsp3) is 0.938. The first-order valence-electron chi connectivity index (χ1n) is 7.91. The molecule has 4 atom stereocenters. The maximum atomic E-state index is 12.2. The van der Waals surface area contributed by atoms with E-state index >= 15 is 0 Å². The van der Waals surface area contributed by atoms with Crippen LogP contribution in [0.1, 0.15) is 52.4 Å². The van der Waals surface area contributed by atoms with Gasteiger partial charge < -0.3 is 14.6 Å². The third-order valence-electron chi connectivity index (χ3n) is 5.87. The van der Waals surface area contributed by atoms with Gasteiger partial charge in [0.2, 0.25) is 0 Å². The summed E-state index contributed by atoms with van der Waals surface area (Å²) in [5.74, 6) is 0.514. The Morgan fingerprint density at radius 3 is 2.75 bits per heavy atom. The largest absolute Gasteiger partial charge is 0.390 e. The number of rotatable bonds is 3. The highest BCUT2D eigenvalue weighted by Gasteiger charge is 2.58. The predicted molar refractivity (Wildman–Crippen MR) is 74.1 cm³/mol. The highest BCUT2D eigenvalue weighted by molar-refractivity contribution is 5.83. The molecule has 1 saturated heterocycles. The molecule has 2 aliphatic carbocycles. The van der Waals surface area contributed by atoms with Crippen LogP contribution in [0.2, 0.25) is 0 Å². The molecular formula is C16H26O4. The summed E-state index contributed by atoms with van der Waals surface area (Å²) in [4.78, 5) is 12.2. The van der Waals surface area contributed by atoms with Gasteiger partial charge in [-0.05, 0) is 50.4 Å². The number of hydrogen-bond donors (Lipinski definition) is 1. The van der Waals surface area contributed by atoms with E-state index in [2.05, 4.69) is 0 Å². The molecule has 3 rings (SSSR count). The zero-order valence-electron chi connectivity index (χ0n) is 12.6. The van der Waals surface area contributed by atoms with Crippen LogP contribution in [0.15, 0.2) is 0 Å². The van der Waals surface area contributed by atoms with E-state index in [1.807, 2.05) is 13.8 Å². The average Bonchev–Trinajstić information content (AvgIpc) is 2.65. The molecule has 2 saturated carbocycles. The molecule has 1 aliphatic heterocycles. The fourth-order valence-electron chi connectivity index (χ4n) is 4.54. The minimum atomic E-state index is -0.686. The molecule has 1 heterocycles. The second kappa shape index (κ2) is 5.08. The fourth-order valence-corrected chi connectivity index (χ4v) is 4.54. The van der Waals surface area contributed by atoms with Crippen LogP contribution in [-0.2, 0) is 14.3 Å². The Kier molecular flexibility index (Phi) is 3.68. The minimum Gasteiger partial charge on any atom is -0.390 e. The van der Waals surface area contributed by atoms with E-state index in [0.29, 0.717) is 12.2 Å². The third kappa shape index (κ3) is 2.42. The van der Waals surface area contributed by atoms with Gasteiger partial charge in [0.25, 0.3) is 0 Å². The number of carbonyl (C=O) groups is 1. The molecule has 1 N–H and O–H groups in total. The van der Waals surface area contributed by atoms with Crippen LogP contribution < -0.4 is 0 Å². The van der Waals surface area contributed by atoms with E-state index in [4.69, 9.17) is 9.47 Å². The molecule has 3 fully saturated rings. The molecule has 0 aromatic heterocycles. The van der Waals surface area contributed by atoms with Crippen molar-refractivity contribution in [3.63, 3.8) is 0 Å². The van der Waals surface area contributed by atoms with Gasteiger partial charge in [-0.2, -0.15) is 0 Å². The maximum absolute atomic E-state index is 12.2. The van der Waals surface area contributed by atoms with Gasteiger partial charge in [-0.15, -0.1) is 0 Å². The minimum absolute atomic E-state index is 0.0479. The normalized spacial score (nSPS) is 45.9. The molecular weight excluding hydrogens is 256 g/mol. The molecule has 2 bridgehead atoms.